The fraction of sp³-hybridized carbons (Fsp3) is 0.556. The summed E-state index contributed by atoms with van der Waals surface area (Å²) in [6.45, 7) is 13.5. The third-order valence-electron chi connectivity index (χ3n) is 3.41. The highest BCUT2D eigenvalue weighted by molar-refractivity contribution is 9.09. The average molecular weight is 321 g/mol. The maximum absolute atomic E-state index is 3.39. The van der Waals surface area contributed by atoms with Gasteiger partial charge < -0.3 is 0 Å². The second kappa shape index (κ2) is 7.15. The van der Waals surface area contributed by atoms with Crippen molar-refractivity contribution in [2.45, 2.75) is 59.3 Å². The fourth-order valence-electron chi connectivity index (χ4n) is 2.22. The molecule has 0 fully saturated rings. The standard InChI is InChI=1S/C18H25Br/c1-12(2)15-10-17(13(3)4)16(8-7-9-19)18(11-15)14(5)6/h10-14H,9H2,1-6H3. The molecule has 0 nitrogen and oxygen atoms in total. The van der Waals surface area contributed by atoms with Crippen molar-refractivity contribution >= 4 is 15.9 Å². The van der Waals surface area contributed by atoms with Crippen LogP contribution in [0.4, 0.5) is 0 Å². The Morgan fingerprint density at radius 1 is 0.895 bits per heavy atom. The van der Waals surface area contributed by atoms with Gasteiger partial charge in [0.1, 0.15) is 0 Å². The predicted octanol–water partition coefficient (Wildman–Crippen LogP) is 5.80. The molecule has 0 atom stereocenters. The van der Waals surface area contributed by atoms with Crippen LogP contribution in [-0.4, -0.2) is 5.33 Å². The molecular weight excluding hydrogens is 296 g/mol. The summed E-state index contributed by atoms with van der Waals surface area (Å²) < 4.78 is 0. The molecule has 1 heteroatoms. The molecule has 0 heterocycles. The summed E-state index contributed by atoms with van der Waals surface area (Å²) in [4.78, 5) is 0. The molecule has 0 aliphatic rings. The van der Waals surface area contributed by atoms with Crippen LogP contribution in [0.25, 0.3) is 0 Å². The van der Waals surface area contributed by atoms with Gasteiger partial charge in [0, 0.05) is 5.56 Å². The summed E-state index contributed by atoms with van der Waals surface area (Å²) >= 11 is 3.39. The monoisotopic (exact) mass is 320 g/mol. The van der Waals surface area contributed by atoms with Crippen molar-refractivity contribution in [3.05, 3.63) is 34.4 Å². The van der Waals surface area contributed by atoms with Crippen LogP contribution in [0.15, 0.2) is 12.1 Å². The minimum absolute atomic E-state index is 0.510. The van der Waals surface area contributed by atoms with Crippen LogP contribution in [0.1, 0.15) is 81.5 Å². The van der Waals surface area contributed by atoms with Gasteiger partial charge in [0.25, 0.3) is 0 Å². The molecule has 0 saturated heterocycles. The first-order valence-corrected chi connectivity index (χ1v) is 8.23. The lowest BCUT2D eigenvalue weighted by Crippen LogP contribution is -2.04. The number of benzene rings is 1. The number of hydrogen-bond donors (Lipinski definition) is 0. The Bertz CT molecular complexity index is 455. The van der Waals surface area contributed by atoms with Crippen LogP contribution >= 0.6 is 15.9 Å². The molecule has 104 valence electrons. The molecule has 19 heavy (non-hydrogen) atoms. The molecular formula is C18H25Br. The van der Waals surface area contributed by atoms with E-state index < -0.39 is 0 Å². The highest BCUT2D eigenvalue weighted by atomic mass is 79.9. The fourth-order valence-corrected chi connectivity index (χ4v) is 2.36. The normalized spacial score (nSPS) is 11.1. The van der Waals surface area contributed by atoms with E-state index in [1.807, 2.05) is 0 Å². The second-order valence-electron chi connectivity index (χ2n) is 5.97. The topological polar surface area (TPSA) is 0 Å². The number of alkyl halides is 1. The lowest BCUT2D eigenvalue weighted by molar-refractivity contribution is 0.800. The molecule has 1 rings (SSSR count). The van der Waals surface area contributed by atoms with Crippen molar-refractivity contribution in [1.29, 1.82) is 0 Å². The molecule has 0 amide bonds. The Kier molecular flexibility index (Phi) is 6.14. The van der Waals surface area contributed by atoms with Gasteiger partial charge in [-0.3, -0.25) is 0 Å². The van der Waals surface area contributed by atoms with E-state index >= 15 is 0 Å². The molecule has 0 bridgehead atoms. The van der Waals surface area contributed by atoms with Gasteiger partial charge in [0.2, 0.25) is 0 Å². The first-order chi connectivity index (χ1) is 8.88. The molecule has 0 N–H and O–H groups in total. The van der Waals surface area contributed by atoms with Crippen LogP contribution < -0.4 is 0 Å². The van der Waals surface area contributed by atoms with Crippen LogP contribution in [0.2, 0.25) is 0 Å². The van der Waals surface area contributed by atoms with E-state index in [1.165, 1.54) is 22.3 Å². The predicted molar refractivity (Wildman–Crippen MR) is 89.4 cm³/mol. The zero-order valence-corrected chi connectivity index (χ0v) is 14.6. The second-order valence-corrected chi connectivity index (χ2v) is 6.53. The highest BCUT2D eigenvalue weighted by Crippen LogP contribution is 2.31. The summed E-state index contributed by atoms with van der Waals surface area (Å²) in [5.74, 6) is 8.12. The molecule has 0 aromatic heterocycles. The van der Waals surface area contributed by atoms with Crippen molar-refractivity contribution < 1.29 is 0 Å². The van der Waals surface area contributed by atoms with Crippen molar-refractivity contribution in [2.75, 3.05) is 5.33 Å². The van der Waals surface area contributed by atoms with E-state index in [1.54, 1.807) is 0 Å². The van der Waals surface area contributed by atoms with Gasteiger partial charge in [-0.2, -0.15) is 0 Å². The molecule has 0 saturated carbocycles. The Morgan fingerprint density at radius 3 is 1.68 bits per heavy atom. The molecule has 0 unspecified atom stereocenters. The maximum Gasteiger partial charge on any atom is 0.0649 e. The van der Waals surface area contributed by atoms with E-state index in [-0.39, 0.29) is 0 Å². The Hall–Kier alpha value is -0.740. The van der Waals surface area contributed by atoms with E-state index in [0.717, 1.165) is 5.33 Å². The Morgan fingerprint density at radius 2 is 1.37 bits per heavy atom. The molecule has 0 aliphatic heterocycles. The van der Waals surface area contributed by atoms with Gasteiger partial charge in [-0.25, -0.2) is 0 Å². The molecule has 1 aromatic carbocycles. The Labute approximate surface area is 127 Å². The summed E-state index contributed by atoms with van der Waals surface area (Å²) in [6.07, 6.45) is 0. The van der Waals surface area contributed by atoms with E-state index in [0.29, 0.717) is 17.8 Å². The summed E-state index contributed by atoms with van der Waals surface area (Å²) in [5, 5.41) is 0.730. The minimum atomic E-state index is 0.510. The molecule has 0 radical (unpaired) electrons. The first-order valence-electron chi connectivity index (χ1n) is 7.11. The summed E-state index contributed by atoms with van der Waals surface area (Å²) in [7, 11) is 0. The highest BCUT2D eigenvalue weighted by Gasteiger charge is 2.15. The Balaban J connectivity index is 3.55. The smallest absolute Gasteiger partial charge is 0.0649 e. The zero-order chi connectivity index (χ0) is 14.6. The van der Waals surface area contributed by atoms with Crippen LogP contribution in [0.5, 0.6) is 0 Å². The van der Waals surface area contributed by atoms with Gasteiger partial charge in [-0.05, 0) is 34.4 Å². The van der Waals surface area contributed by atoms with Gasteiger partial charge in [0.05, 0.1) is 5.33 Å². The van der Waals surface area contributed by atoms with Gasteiger partial charge in [-0.1, -0.05) is 81.4 Å². The van der Waals surface area contributed by atoms with Crippen molar-refractivity contribution in [3.8, 4) is 11.8 Å². The van der Waals surface area contributed by atoms with Crippen LogP contribution in [0, 0.1) is 11.8 Å². The van der Waals surface area contributed by atoms with Crippen LogP contribution in [0.3, 0.4) is 0 Å². The van der Waals surface area contributed by atoms with E-state index in [4.69, 9.17) is 0 Å². The first kappa shape index (κ1) is 16.3. The van der Waals surface area contributed by atoms with Crippen LogP contribution in [-0.2, 0) is 0 Å². The van der Waals surface area contributed by atoms with Crippen molar-refractivity contribution in [2.24, 2.45) is 0 Å². The quantitative estimate of drug-likeness (QED) is 0.487. The van der Waals surface area contributed by atoms with Gasteiger partial charge >= 0.3 is 0 Å². The number of halogens is 1. The third kappa shape index (κ3) is 4.11. The maximum atomic E-state index is 3.39. The minimum Gasteiger partial charge on any atom is -0.0863 e. The number of rotatable bonds is 3. The van der Waals surface area contributed by atoms with Crippen molar-refractivity contribution in [3.63, 3.8) is 0 Å². The zero-order valence-electron chi connectivity index (χ0n) is 13.0. The SMILES string of the molecule is CC(C)c1cc(C(C)C)c(C#CCBr)c(C(C)C)c1. The van der Waals surface area contributed by atoms with E-state index in [9.17, 15) is 0 Å². The van der Waals surface area contributed by atoms with E-state index in [2.05, 4.69) is 81.4 Å². The number of hydrogen-bond acceptors (Lipinski definition) is 0. The molecule has 0 spiro atoms. The molecule has 0 aliphatic carbocycles. The third-order valence-corrected chi connectivity index (χ3v) is 3.69. The molecule has 1 aromatic rings. The van der Waals surface area contributed by atoms with Gasteiger partial charge in [0.15, 0.2) is 0 Å². The lowest BCUT2D eigenvalue weighted by Gasteiger charge is -2.19. The average Bonchev–Trinajstić information content (AvgIpc) is 2.34. The van der Waals surface area contributed by atoms with Gasteiger partial charge in [-0.15, -0.1) is 0 Å². The lowest BCUT2D eigenvalue weighted by atomic mass is 9.85. The summed E-state index contributed by atoms with van der Waals surface area (Å²) in [5.41, 5.74) is 5.46. The largest absolute Gasteiger partial charge is 0.0863 e. The van der Waals surface area contributed by atoms with Crippen molar-refractivity contribution in [1.82, 2.24) is 0 Å². The summed E-state index contributed by atoms with van der Waals surface area (Å²) in [6, 6.07) is 4.69.